The molecule has 0 fully saturated rings. The highest BCUT2D eigenvalue weighted by atomic mass is 32.1. The lowest BCUT2D eigenvalue weighted by Gasteiger charge is -2.30. The average molecular weight is 447 g/mol. The van der Waals surface area contributed by atoms with Crippen LogP contribution in [0.5, 0.6) is 0 Å². The average Bonchev–Trinajstić information content (AvgIpc) is 3.25. The zero-order valence-electron chi connectivity index (χ0n) is 19.0. The van der Waals surface area contributed by atoms with Crippen molar-refractivity contribution in [2.75, 3.05) is 6.54 Å². The topological polar surface area (TPSA) is 40.6 Å². The van der Waals surface area contributed by atoms with Crippen LogP contribution in [0.4, 0.5) is 4.39 Å². The van der Waals surface area contributed by atoms with E-state index in [9.17, 15) is 14.0 Å². The predicted molar refractivity (Wildman–Crippen MR) is 125 cm³/mol. The summed E-state index contributed by atoms with van der Waals surface area (Å²) >= 11 is 1.60. The summed E-state index contributed by atoms with van der Waals surface area (Å²) in [4.78, 5) is 30.6. The highest BCUT2D eigenvalue weighted by molar-refractivity contribution is 7.09. The number of hydrogen-bond acceptors (Lipinski definition) is 3. The number of amides is 2. The third-order valence-electron chi connectivity index (χ3n) is 5.31. The van der Waals surface area contributed by atoms with Crippen LogP contribution in [-0.4, -0.2) is 34.2 Å². The number of rotatable bonds is 13. The molecule has 0 spiro atoms. The zero-order chi connectivity index (χ0) is 22.6. The number of unbranched alkanes of at least 4 members (excludes halogenated alkanes) is 4. The summed E-state index contributed by atoms with van der Waals surface area (Å²) in [5, 5.41) is 1.98. The Morgan fingerprint density at radius 3 is 2.29 bits per heavy atom. The molecular weight excluding hydrogens is 411 g/mol. The molecular formula is C25H35FN2O2S. The van der Waals surface area contributed by atoms with Crippen LogP contribution in [-0.2, 0) is 22.7 Å². The molecule has 0 radical (unpaired) electrons. The van der Waals surface area contributed by atoms with E-state index in [-0.39, 0.29) is 30.2 Å². The van der Waals surface area contributed by atoms with E-state index in [2.05, 4.69) is 6.92 Å². The van der Waals surface area contributed by atoms with Crippen LogP contribution in [0.1, 0.15) is 69.7 Å². The molecule has 6 heteroatoms. The van der Waals surface area contributed by atoms with Gasteiger partial charge in [0, 0.05) is 23.9 Å². The minimum absolute atomic E-state index is 0.0395. The number of thiophene rings is 1. The van der Waals surface area contributed by atoms with E-state index in [1.54, 1.807) is 33.3 Å². The van der Waals surface area contributed by atoms with Gasteiger partial charge in [0.25, 0.3) is 0 Å². The second-order valence-electron chi connectivity index (χ2n) is 8.24. The molecule has 0 aliphatic carbocycles. The van der Waals surface area contributed by atoms with E-state index < -0.39 is 0 Å². The van der Waals surface area contributed by atoms with E-state index in [0.717, 1.165) is 29.7 Å². The van der Waals surface area contributed by atoms with Crippen molar-refractivity contribution in [3.63, 3.8) is 0 Å². The van der Waals surface area contributed by atoms with Gasteiger partial charge in [0.1, 0.15) is 5.82 Å². The van der Waals surface area contributed by atoms with Crippen molar-refractivity contribution in [1.82, 2.24) is 9.80 Å². The van der Waals surface area contributed by atoms with Crippen LogP contribution in [0.25, 0.3) is 0 Å². The van der Waals surface area contributed by atoms with Crippen LogP contribution in [0.15, 0.2) is 41.8 Å². The maximum absolute atomic E-state index is 13.3. The lowest BCUT2D eigenvalue weighted by Crippen LogP contribution is -2.45. The number of carbonyl (C=O) groups is 2. The molecule has 0 N–H and O–H groups in total. The first-order valence-electron chi connectivity index (χ1n) is 11.2. The molecule has 0 saturated heterocycles. The summed E-state index contributed by atoms with van der Waals surface area (Å²) in [5.41, 5.74) is 0.865. The Hall–Kier alpha value is -2.21. The van der Waals surface area contributed by atoms with Gasteiger partial charge in [-0.1, -0.05) is 50.8 Å². The van der Waals surface area contributed by atoms with Crippen molar-refractivity contribution in [2.24, 2.45) is 0 Å². The van der Waals surface area contributed by atoms with E-state index >= 15 is 0 Å². The minimum atomic E-state index is -0.296. The SMILES string of the molecule is CCCCCCCC(=O)N(CC(=O)N(Cc1ccc(F)cc1)Cc1cccs1)C(C)C. The standard InChI is InChI=1S/C25H35FN2O2S/c1-4-5-6-7-8-11-24(29)28(20(2)3)19-25(30)27(18-23-10-9-16-31-23)17-21-12-14-22(26)15-13-21/h9-10,12-16,20H,4-8,11,17-19H2,1-3H3. The van der Waals surface area contributed by atoms with Gasteiger partial charge in [0.2, 0.25) is 11.8 Å². The first-order chi connectivity index (χ1) is 14.9. The van der Waals surface area contributed by atoms with Gasteiger partial charge in [-0.3, -0.25) is 9.59 Å². The Morgan fingerprint density at radius 1 is 0.968 bits per heavy atom. The molecule has 2 amide bonds. The van der Waals surface area contributed by atoms with E-state index in [1.807, 2.05) is 31.4 Å². The van der Waals surface area contributed by atoms with Gasteiger partial charge < -0.3 is 9.80 Å². The van der Waals surface area contributed by atoms with Crippen molar-refractivity contribution < 1.29 is 14.0 Å². The van der Waals surface area contributed by atoms with Crippen LogP contribution >= 0.6 is 11.3 Å². The molecule has 1 aromatic carbocycles. The third kappa shape index (κ3) is 8.82. The Kier molecular flexibility index (Phi) is 10.7. The van der Waals surface area contributed by atoms with Crippen molar-refractivity contribution in [3.8, 4) is 0 Å². The lowest BCUT2D eigenvalue weighted by atomic mass is 10.1. The van der Waals surface area contributed by atoms with Gasteiger partial charge in [0.05, 0.1) is 13.1 Å². The smallest absolute Gasteiger partial charge is 0.242 e. The van der Waals surface area contributed by atoms with Crippen molar-refractivity contribution in [2.45, 2.75) is 78.4 Å². The Morgan fingerprint density at radius 2 is 1.68 bits per heavy atom. The molecule has 0 aliphatic rings. The fourth-order valence-electron chi connectivity index (χ4n) is 3.46. The van der Waals surface area contributed by atoms with Gasteiger partial charge in [-0.15, -0.1) is 11.3 Å². The van der Waals surface area contributed by atoms with Gasteiger partial charge in [0.15, 0.2) is 0 Å². The number of carbonyl (C=O) groups excluding carboxylic acids is 2. The maximum atomic E-state index is 13.3. The van der Waals surface area contributed by atoms with Crippen molar-refractivity contribution in [3.05, 3.63) is 58.0 Å². The van der Waals surface area contributed by atoms with Crippen LogP contribution < -0.4 is 0 Å². The summed E-state index contributed by atoms with van der Waals surface area (Å²) < 4.78 is 13.3. The molecule has 170 valence electrons. The highest BCUT2D eigenvalue weighted by Crippen LogP contribution is 2.17. The normalized spacial score (nSPS) is 11.0. The molecule has 0 saturated carbocycles. The maximum Gasteiger partial charge on any atom is 0.242 e. The Balaban J connectivity index is 2.04. The Bertz CT molecular complexity index is 790. The fourth-order valence-corrected chi connectivity index (χ4v) is 4.18. The molecule has 0 bridgehead atoms. The molecule has 1 heterocycles. The summed E-state index contributed by atoms with van der Waals surface area (Å²) in [6, 6.07) is 10.1. The number of nitrogens with zero attached hydrogens (tertiary/aromatic N) is 2. The molecule has 2 rings (SSSR count). The first-order valence-corrected chi connectivity index (χ1v) is 12.1. The predicted octanol–water partition coefficient (Wildman–Crippen LogP) is 6.01. The van der Waals surface area contributed by atoms with Crippen LogP contribution in [0, 0.1) is 5.82 Å². The zero-order valence-corrected chi connectivity index (χ0v) is 19.8. The number of halogens is 1. The second-order valence-corrected chi connectivity index (χ2v) is 9.27. The van der Waals surface area contributed by atoms with Crippen molar-refractivity contribution in [1.29, 1.82) is 0 Å². The summed E-state index contributed by atoms with van der Waals surface area (Å²) in [6.45, 7) is 7.00. The van der Waals surface area contributed by atoms with Gasteiger partial charge in [-0.2, -0.15) is 0 Å². The second kappa shape index (κ2) is 13.3. The monoisotopic (exact) mass is 446 g/mol. The quantitative estimate of drug-likeness (QED) is 0.353. The molecule has 4 nitrogen and oxygen atoms in total. The number of benzene rings is 1. The minimum Gasteiger partial charge on any atom is -0.332 e. The molecule has 0 atom stereocenters. The summed E-state index contributed by atoms with van der Waals surface area (Å²) in [7, 11) is 0. The molecule has 31 heavy (non-hydrogen) atoms. The largest absolute Gasteiger partial charge is 0.332 e. The van der Waals surface area contributed by atoms with E-state index in [1.165, 1.54) is 25.0 Å². The Labute approximate surface area is 190 Å². The number of hydrogen-bond donors (Lipinski definition) is 0. The van der Waals surface area contributed by atoms with Gasteiger partial charge >= 0.3 is 0 Å². The van der Waals surface area contributed by atoms with Gasteiger partial charge in [-0.05, 0) is 49.4 Å². The lowest BCUT2D eigenvalue weighted by molar-refractivity contribution is -0.142. The fraction of sp³-hybridized carbons (Fsp3) is 0.520. The first kappa shape index (κ1) is 25.1. The van der Waals surface area contributed by atoms with Crippen LogP contribution in [0.3, 0.4) is 0 Å². The molecule has 0 unspecified atom stereocenters. The summed E-state index contributed by atoms with van der Waals surface area (Å²) in [6.07, 6.45) is 5.92. The van der Waals surface area contributed by atoms with E-state index in [4.69, 9.17) is 0 Å². The van der Waals surface area contributed by atoms with E-state index in [0.29, 0.717) is 19.5 Å². The van der Waals surface area contributed by atoms with Gasteiger partial charge in [-0.25, -0.2) is 4.39 Å². The highest BCUT2D eigenvalue weighted by Gasteiger charge is 2.23. The molecule has 1 aromatic heterocycles. The molecule has 2 aromatic rings. The third-order valence-corrected chi connectivity index (χ3v) is 6.17. The summed E-state index contributed by atoms with van der Waals surface area (Å²) in [5.74, 6) is -0.348. The van der Waals surface area contributed by atoms with Crippen LogP contribution in [0.2, 0.25) is 0 Å². The van der Waals surface area contributed by atoms with Crippen molar-refractivity contribution >= 4 is 23.2 Å². The molecule has 0 aliphatic heterocycles.